The number of hydrogen-bond donors (Lipinski definition) is 0. The van der Waals surface area contributed by atoms with Gasteiger partial charge in [0.1, 0.15) is 0 Å². The maximum absolute atomic E-state index is 4.81. The molecule has 0 aliphatic rings. The summed E-state index contributed by atoms with van der Waals surface area (Å²) in [6.07, 6.45) is 0. The van der Waals surface area contributed by atoms with Gasteiger partial charge < -0.3 is 5.48 Å². The van der Waals surface area contributed by atoms with Crippen molar-refractivity contribution in [3.8, 4) is 0 Å². The van der Waals surface area contributed by atoms with Gasteiger partial charge >= 0.3 is 64.6 Å². The Morgan fingerprint density at radius 3 is 1.20 bits per heavy atom. The van der Waals surface area contributed by atoms with Gasteiger partial charge in [-0.15, -0.1) is 0 Å². The summed E-state index contributed by atoms with van der Waals surface area (Å²) >= 11 is -0.106. The molecule has 5 heteroatoms. The number of hydrogen-bond acceptors (Lipinski definition) is 1. The maximum atomic E-state index is 4.81. The van der Waals surface area contributed by atoms with E-state index in [9.17, 15) is 0 Å². The second-order valence-corrected chi connectivity index (χ2v) is 2.41. The van der Waals surface area contributed by atoms with Crippen LogP contribution in [0.3, 0.4) is 0 Å². The maximum Gasteiger partial charge on any atom is 1.00 e. The van der Waals surface area contributed by atoms with Crippen molar-refractivity contribution in [2.45, 2.75) is 0 Å². The normalized spacial score (nSPS) is 4.40. The molecule has 0 aromatic carbocycles. The summed E-state index contributed by atoms with van der Waals surface area (Å²) in [5, 5.41) is 0. The molecule has 1 N–H and O–H groups in total. The molecular weight excluding hydrogens is 216 g/mol. The number of halogens is 2. The first kappa shape index (κ1) is 15.7. The molecule has 0 rings (SSSR count). The van der Waals surface area contributed by atoms with Crippen LogP contribution in [-0.4, -0.2) is 5.48 Å². The van der Waals surface area contributed by atoms with E-state index < -0.39 is 0 Å². The quantitative estimate of drug-likeness (QED) is 0.441. The fraction of sp³-hybridized carbons (Fsp3) is 0. The molecule has 0 aromatic rings. The van der Waals surface area contributed by atoms with E-state index in [2.05, 4.69) is 0 Å². The van der Waals surface area contributed by atoms with E-state index in [1.54, 1.807) is 0 Å². The van der Waals surface area contributed by atoms with E-state index >= 15 is 0 Å². The SMILES string of the molecule is [Cl][Pd][Cl].[Na+].[OH-]. The summed E-state index contributed by atoms with van der Waals surface area (Å²) in [5.41, 5.74) is 0. The van der Waals surface area contributed by atoms with Crippen molar-refractivity contribution in [1.82, 2.24) is 0 Å². The third-order valence-electron chi connectivity index (χ3n) is 0. The molecule has 0 saturated heterocycles. The summed E-state index contributed by atoms with van der Waals surface area (Å²) in [5.74, 6) is 0. The fourth-order valence-corrected chi connectivity index (χ4v) is 0. The monoisotopic (exact) mass is 216 g/mol. The predicted molar refractivity (Wildman–Crippen MR) is 13.6 cm³/mol. The molecule has 0 unspecified atom stereocenters. The van der Waals surface area contributed by atoms with Crippen LogP contribution in [0, 0.1) is 0 Å². The molecule has 0 atom stereocenters. The average molecular weight is 217 g/mol. The predicted octanol–water partition coefficient (Wildman–Crippen LogP) is -1.80. The zero-order valence-electron chi connectivity index (χ0n) is 2.52. The molecule has 0 aliphatic carbocycles. The van der Waals surface area contributed by atoms with E-state index in [-0.39, 0.29) is 51.0 Å². The molecule has 0 fully saturated rings. The summed E-state index contributed by atoms with van der Waals surface area (Å²) in [4.78, 5) is 0. The van der Waals surface area contributed by atoms with Crippen LogP contribution >= 0.6 is 19.1 Å². The molecular formula is HCl2NaOPd. The van der Waals surface area contributed by atoms with Gasteiger partial charge in [0, 0.05) is 0 Å². The minimum atomic E-state index is -0.106. The summed E-state index contributed by atoms with van der Waals surface area (Å²) in [7, 11) is 9.63. The minimum Gasteiger partial charge on any atom is -0.870 e. The second-order valence-electron chi connectivity index (χ2n) is 0.0452. The standard InChI is InChI=1S/2ClH.Na.H2O.Pd/h2*1H;;1H2;/q;;+1;;+2/p-3. The third kappa shape index (κ3) is 22.6. The largest absolute Gasteiger partial charge is 1.00 e. The van der Waals surface area contributed by atoms with Gasteiger partial charge in [0.15, 0.2) is 0 Å². The van der Waals surface area contributed by atoms with Gasteiger partial charge in [-0.2, -0.15) is 0 Å². The third-order valence-corrected chi connectivity index (χ3v) is 0. The zero-order chi connectivity index (χ0) is 2.71. The molecule has 5 heavy (non-hydrogen) atoms. The van der Waals surface area contributed by atoms with Gasteiger partial charge in [0.2, 0.25) is 0 Å². The number of rotatable bonds is 0. The summed E-state index contributed by atoms with van der Waals surface area (Å²) < 4.78 is 0. The van der Waals surface area contributed by atoms with Crippen LogP contribution in [0.4, 0.5) is 0 Å². The Bertz CT molecular complexity index is 9.61. The molecule has 0 spiro atoms. The molecule has 0 radical (unpaired) electrons. The Kier molecular flexibility index (Phi) is 51.4. The van der Waals surface area contributed by atoms with E-state index in [1.807, 2.05) is 0 Å². The fourth-order valence-electron chi connectivity index (χ4n) is 0. The van der Waals surface area contributed by atoms with Crippen LogP contribution in [0.5, 0.6) is 0 Å². The Morgan fingerprint density at radius 2 is 1.20 bits per heavy atom. The van der Waals surface area contributed by atoms with Crippen molar-refractivity contribution in [3.05, 3.63) is 0 Å². The van der Waals surface area contributed by atoms with Gasteiger partial charge in [0.25, 0.3) is 0 Å². The Balaban J connectivity index is -0.0000000200. The van der Waals surface area contributed by atoms with Crippen molar-refractivity contribution in [2.75, 3.05) is 0 Å². The van der Waals surface area contributed by atoms with Gasteiger partial charge in [-0.1, -0.05) is 0 Å². The molecule has 0 bridgehead atoms. The van der Waals surface area contributed by atoms with E-state index in [4.69, 9.17) is 19.1 Å². The van der Waals surface area contributed by atoms with Crippen LogP contribution in [0.15, 0.2) is 0 Å². The average Bonchev–Trinajstić information content (AvgIpc) is 0.918. The second kappa shape index (κ2) is 16.4. The summed E-state index contributed by atoms with van der Waals surface area (Å²) in [6, 6.07) is 0. The smallest absolute Gasteiger partial charge is 0.870 e. The van der Waals surface area contributed by atoms with Crippen molar-refractivity contribution in [2.24, 2.45) is 0 Å². The van der Waals surface area contributed by atoms with Gasteiger partial charge in [-0.25, -0.2) is 0 Å². The van der Waals surface area contributed by atoms with Crippen molar-refractivity contribution >= 4 is 19.1 Å². The molecule has 0 heterocycles. The van der Waals surface area contributed by atoms with Crippen molar-refractivity contribution in [1.29, 1.82) is 0 Å². The van der Waals surface area contributed by atoms with E-state index in [0.717, 1.165) is 0 Å². The van der Waals surface area contributed by atoms with Gasteiger partial charge in [-0.3, -0.25) is 0 Å². The molecule has 0 saturated carbocycles. The Morgan fingerprint density at radius 1 is 1.20 bits per heavy atom. The first-order valence-corrected chi connectivity index (χ1v) is 4.24. The van der Waals surface area contributed by atoms with Gasteiger partial charge in [0.05, 0.1) is 0 Å². The summed E-state index contributed by atoms with van der Waals surface area (Å²) in [6.45, 7) is 0. The van der Waals surface area contributed by atoms with Crippen LogP contribution in [0.1, 0.15) is 0 Å². The Hall–Kier alpha value is 2.20. The topological polar surface area (TPSA) is 30.0 Å². The van der Waals surface area contributed by atoms with E-state index in [1.165, 1.54) is 0 Å². The minimum absolute atomic E-state index is 0. The first-order valence-electron chi connectivity index (χ1n) is 0.239. The molecule has 1 nitrogen and oxygen atoms in total. The van der Waals surface area contributed by atoms with Crippen LogP contribution in [0.25, 0.3) is 0 Å². The van der Waals surface area contributed by atoms with Crippen LogP contribution in [-0.2, 0) is 15.9 Å². The van der Waals surface area contributed by atoms with E-state index in [0.29, 0.717) is 0 Å². The molecule has 0 aliphatic heterocycles. The van der Waals surface area contributed by atoms with Crippen LogP contribution in [0.2, 0.25) is 0 Å². The first-order chi connectivity index (χ1) is 1.41. The van der Waals surface area contributed by atoms with Crippen molar-refractivity contribution < 1.29 is 51.0 Å². The van der Waals surface area contributed by atoms with Gasteiger partial charge in [-0.05, 0) is 0 Å². The Labute approximate surface area is 69.1 Å². The molecule has 0 aromatic heterocycles. The molecule has 0 amide bonds. The molecule has 32 valence electrons. The van der Waals surface area contributed by atoms with Crippen LogP contribution < -0.4 is 29.6 Å². The zero-order valence-corrected chi connectivity index (χ0v) is 7.59. The van der Waals surface area contributed by atoms with Crippen molar-refractivity contribution in [3.63, 3.8) is 0 Å².